The van der Waals surface area contributed by atoms with Crippen LogP contribution in [-0.2, 0) is 0 Å². The average Bonchev–Trinajstić information content (AvgIpc) is 2.36. The Kier molecular flexibility index (Phi) is 6.27. The third-order valence-electron chi connectivity index (χ3n) is 4.04. The molecular weight excluding hydrogens is 256 g/mol. The Labute approximate surface area is 131 Å². The minimum atomic E-state index is 0.177. The lowest BCUT2D eigenvalue weighted by atomic mass is 9.84. The van der Waals surface area contributed by atoms with Gasteiger partial charge in [-0.2, -0.15) is 0 Å². The smallest absolute Gasteiger partial charge is 0.0393 e. The minimum Gasteiger partial charge on any atom is -0.374 e. The van der Waals surface area contributed by atoms with E-state index in [-0.39, 0.29) is 5.54 Å². The highest BCUT2D eigenvalue weighted by Crippen LogP contribution is 2.28. The first kappa shape index (κ1) is 18.0. The summed E-state index contributed by atoms with van der Waals surface area (Å²) < 4.78 is 0. The van der Waals surface area contributed by atoms with Gasteiger partial charge in [-0.05, 0) is 51.2 Å². The van der Waals surface area contributed by atoms with E-state index in [1.807, 2.05) is 0 Å². The SMILES string of the molecule is CCCC(C)(CNC(C)(C)C)CN(C)c1ccccc1C. The molecule has 1 atom stereocenters. The maximum atomic E-state index is 3.69. The summed E-state index contributed by atoms with van der Waals surface area (Å²) in [5.74, 6) is 0. The third kappa shape index (κ3) is 6.09. The van der Waals surface area contributed by atoms with Crippen LogP contribution in [0.4, 0.5) is 5.69 Å². The minimum absolute atomic E-state index is 0.177. The van der Waals surface area contributed by atoms with Gasteiger partial charge in [0.1, 0.15) is 0 Å². The number of nitrogens with zero attached hydrogens (tertiary/aromatic N) is 1. The molecule has 0 saturated heterocycles. The molecule has 0 aliphatic heterocycles. The van der Waals surface area contributed by atoms with Crippen molar-refractivity contribution in [2.24, 2.45) is 5.41 Å². The first-order valence-electron chi connectivity index (χ1n) is 8.19. The van der Waals surface area contributed by atoms with Crippen LogP contribution in [0.2, 0.25) is 0 Å². The average molecular weight is 290 g/mol. The molecule has 0 saturated carbocycles. The van der Waals surface area contributed by atoms with Crippen molar-refractivity contribution < 1.29 is 0 Å². The monoisotopic (exact) mass is 290 g/mol. The molecule has 0 amide bonds. The lowest BCUT2D eigenvalue weighted by Crippen LogP contribution is -2.47. The molecule has 0 fully saturated rings. The fraction of sp³-hybridized carbons (Fsp3) is 0.684. The molecule has 0 aliphatic rings. The van der Waals surface area contributed by atoms with Crippen LogP contribution in [0.25, 0.3) is 0 Å². The number of benzene rings is 1. The molecule has 2 nitrogen and oxygen atoms in total. The van der Waals surface area contributed by atoms with Crippen LogP contribution >= 0.6 is 0 Å². The van der Waals surface area contributed by atoms with E-state index in [0.717, 1.165) is 13.1 Å². The first-order chi connectivity index (χ1) is 9.67. The topological polar surface area (TPSA) is 15.3 Å². The number of aryl methyl sites for hydroxylation is 1. The molecule has 0 aromatic heterocycles. The van der Waals surface area contributed by atoms with E-state index >= 15 is 0 Å². The molecule has 2 heteroatoms. The highest BCUT2D eigenvalue weighted by molar-refractivity contribution is 5.52. The van der Waals surface area contributed by atoms with Crippen LogP contribution in [0, 0.1) is 12.3 Å². The summed E-state index contributed by atoms with van der Waals surface area (Å²) in [4.78, 5) is 2.41. The Morgan fingerprint density at radius 2 is 1.71 bits per heavy atom. The van der Waals surface area contributed by atoms with Crippen LogP contribution in [0.5, 0.6) is 0 Å². The Hall–Kier alpha value is -1.02. The van der Waals surface area contributed by atoms with E-state index in [2.05, 4.69) is 83.1 Å². The highest BCUT2D eigenvalue weighted by Gasteiger charge is 2.27. The molecule has 21 heavy (non-hydrogen) atoms. The fourth-order valence-corrected chi connectivity index (χ4v) is 2.95. The summed E-state index contributed by atoms with van der Waals surface area (Å²) in [6.45, 7) is 15.7. The quantitative estimate of drug-likeness (QED) is 0.788. The van der Waals surface area contributed by atoms with E-state index in [4.69, 9.17) is 0 Å². The van der Waals surface area contributed by atoms with Gasteiger partial charge >= 0.3 is 0 Å². The van der Waals surface area contributed by atoms with E-state index < -0.39 is 0 Å². The van der Waals surface area contributed by atoms with Gasteiger partial charge in [0.15, 0.2) is 0 Å². The second kappa shape index (κ2) is 7.31. The van der Waals surface area contributed by atoms with Crippen molar-refractivity contribution in [3.8, 4) is 0 Å². The summed E-state index contributed by atoms with van der Waals surface area (Å²) in [7, 11) is 2.22. The zero-order chi connectivity index (χ0) is 16.1. The Morgan fingerprint density at radius 1 is 1.10 bits per heavy atom. The number of hydrogen-bond acceptors (Lipinski definition) is 2. The standard InChI is InChI=1S/C19H34N2/c1-8-13-19(6,14-20-18(3,4)5)15-21(7)17-12-10-9-11-16(17)2/h9-12,20H,8,13-15H2,1-7H3. The summed E-state index contributed by atoms with van der Waals surface area (Å²) in [5.41, 5.74) is 3.16. The van der Waals surface area contributed by atoms with Crippen LogP contribution in [0.3, 0.4) is 0 Å². The molecule has 0 bridgehead atoms. The van der Waals surface area contributed by atoms with Gasteiger partial charge in [-0.1, -0.05) is 38.5 Å². The van der Waals surface area contributed by atoms with Crippen molar-refractivity contribution in [2.75, 3.05) is 25.0 Å². The normalized spacial score (nSPS) is 14.8. The number of para-hydroxylation sites is 1. The number of anilines is 1. The van der Waals surface area contributed by atoms with Gasteiger partial charge in [-0.15, -0.1) is 0 Å². The van der Waals surface area contributed by atoms with Crippen LogP contribution < -0.4 is 10.2 Å². The van der Waals surface area contributed by atoms with Gasteiger partial charge in [-0.3, -0.25) is 0 Å². The molecule has 120 valence electrons. The number of nitrogens with one attached hydrogen (secondary N) is 1. The molecule has 1 N–H and O–H groups in total. The molecule has 0 spiro atoms. The van der Waals surface area contributed by atoms with Crippen LogP contribution in [0.1, 0.15) is 53.0 Å². The Morgan fingerprint density at radius 3 is 2.24 bits per heavy atom. The van der Waals surface area contributed by atoms with E-state index in [1.165, 1.54) is 24.1 Å². The van der Waals surface area contributed by atoms with Gasteiger partial charge in [0.25, 0.3) is 0 Å². The van der Waals surface area contributed by atoms with Crippen LogP contribution in [0.15, 0.2) is 24.3 Å². The predicted molar refractivity (Wildman–Crippen MR) is 95.2 cm³/mol. The van der Waals surface area contributed by atoms with Crippen molar-refractivity contribution in [3.05, 3.63) is 29.8 Å². The predicted octanol–water partition coefficient (Wildman–Crippen LogP) is 4.63. The molecule has 1 rings (SSSR count). The molecule has 0 aliphatic carbocycles. The zero-order valence-electron chi connectivity index (χ0n) is 15.1. The first-order valence-corrected chi connectivity index (χ1v) is 8.19. The number of hydrogen-bond donors (Lipinski definition) is 1. The summed E-state index contributed by atoms with van der Waals surface area (Å²) in [5, 5.41) is 3.69. The van der Waals surface area contributed by atoms with E-state index in [0.29, 0.717) is 5.41 Å². The number of rotatable bonds is 7. The van der Waals surface area contributed by atoms with Crippen molar-refractivity contribution >= 4 is 5.69 Å². The maximum absolute atomic E-state index is 3.69. The zero-order valence-corrected chi connectivity index (χ0v) is 15.1. The van der Waals surface area contributed by atoms with Crippen molar-refractivity contribution in [2.45, 2.75) is 59.9 Å². The second-order valence-electron chi connectivity index (χ2n) is 7.81. The lowest BCUT2D eigenvalue weighted by molar-refractivity contribution is 0.251. The summed E-state index contributed by atoms with van der Waals surface area (Å²) >= 11 is 0. The van der Waals surface area contributed by atoms with Gasteiger partial charge in [-0.25, -0.2) is 0 Å². The van der Waals surface area contributed by atoms with E-state index in [1.54, 1.807) is 0 Å². The molecular formula is C19H34N2. The van der Waals surface area contributed by atoms with Gasteiger partial charge < -0.3 is 10.2 Å². The molecule has 1 aromatic carbocycles. The summed E-state index contributed by atoms with van der Waals surface area (Å²) in [6.07, 6.45) is 2.47. The maximum Gasteiger partial charge on any atom is 0.0393 e. The van der Waals surface area contributed by atoms with Crippen LogP contribution in [-0.4, -0.2) is 25.7 Å². The summed E-state index contributed by atoms with van der Waals surface area (Å²) in [6, 6.07) is 8.65. The Balaban J connectivity index is 2.79. The molecule has 1 unspecified atom stereocenters. The van der Waals surface area contributed by atoms with Crippen molar-refractivity contribution in [1.29, 1.82) is 0 Å². The lowest BCUT2D eigenvalue weighted by Gasteiger charge is -2.38. The largest absolute Gasteiger partial charge is 0.374 e. The van der Waals surface area contributed by atoms with E-state index in [9.17, 15) is 0 Å². The van der Waals surface area contributed by atoms with Crippen molar-refractivity contribution in [1.82, 2.24) is 5.32 Å². The van der Waals surface area contributed by atoms with Gasteiger partial charge in [0, 0.05) is 31.4 Å². The molecule has 1 aromatic rings. The molecule has 0 radical (unpaired) electrons. The third-order valence-corrected chi connectivity index (χ3v) is 4.04. The second-order valence-corrected chi connectivity index (χ2v) is 7.81. The van der Waals surface area contributed by atoms with Gasteiger partial charge in [0.2, 0.25) is 0 Å². The highest BCUT2D eigenvalue weighted by atomic mass is 15.1. The fourth-order valence-electron chi connectivity index (χ4n) is 2.95. The van der Waals surface area contributed by atoms with Crippen molar-refractivity contribution in [3.63, 3.8) is 0 Å². The Bertz CT molecular complexity index is 433. The molecule has 0 heterocycles. The van der Waals surface area contributed by atoms with Gasteiger partial charge in [0.05, 0.1) is 0 Å².